The molecule has 1 amide bonds. The van der Waals surface area contributed by atoms with Crippen LogP contribution in [0.5, 0.6) is 0 Å². The van der Waals surface area contributed by atoms with Crippen LogP contribution in [0, 0.1) is 0 Å². The molecule has 0 bridgehead atoms. The van der Waals surface area contributed by atoms with Gasteiger partial charge in [-0.05, 0) is 35.9 Å². The van der Waals surface area contributed by atoms with Crippen LogP contribution in [0.2, 0.25) is 0 Å². The number of aliphatic imine (C=N–C) groups is 1. The Labute approximate surface area is 208 Å². The number of rotatable bonds is 8. The summed E-state index contributed by atoms with van der Waals surface area (Å²) in [6, 6.07) is 13.0. The van der Waals surface area contributed by atoms with Crippen molar-refractivity contribution >= 4 is 17.5 Å². The minimum atomic E-state index is 0.0195. The van der Waals surface area contributed by atoms with Crippen LogP contribution >= 0.6 is 0 Å². The first-order valence-corrected chi connectivity index (χ1v) is 11.8. The molecule has 0 unspecified atom stereocenters. The van der Waals surface area contributed by atoms with E-state index in [0.717, 1.165) is 30.8 Å². The monoisotopic (exact) mass is 476 g/mol. The Bertz CT molecular complexity index is 1040. The van der Waals surface area contributed by atoms with Gasteiger partial charge in [0.25, 0.3) is 5.91 Å². The second-order valence-corrected chi connectivity index (χ2v) is 7.55. The first kappa shape index (κ1) is 27.5. The molecule has 2 heterocycles. The van der Waals surface area contributed by atoms with Crippen LogP contribution in [0.4, 0.5) is 0 Å². The maximum Gasteiger partial charge on any atom is 0.253 e. The van der Waals surface area contributed by atoms with E-state index < -0.39 is 0 Å². The lowest BCUT2D eigenvalue weighted by Gasteiger charge is -2.35. The van der Waals surface area contributed by atoms with Gasteiger partial charge in [0, 0.05) is 57.1 Å². The average Bonchev–Trinajstić information content (AvgIpc) is 2.93. The van der Waals surface area contributed by atoms with Crippen molar-refractivity contribution in [3.05, 3.63) is 89.8 Å². The molecule has 1 aliphatic rings. The number of piperazine rings is 1. The van der Waals surface area contributed by atoms with Crippen molar-refractivity contribution in [3.63, 3.8) is 0 Å². The van der Waals surface area contributed by atoms with E-state index in [4.69, 9.17) is 10.6 Å². The van der Waals surface area contributed by atoms with E-state index in [9.17, 15) is 4.79 Å². The molecule has 0 spiro atoms. The molecule has 1 aliphatic heterocycles. The van der Waals surface area contributed by atoms with Crippen LogP contribution in [0.15, 0.2) is 83.1 Å². The van der Waals surface area contributed by atoms with Crippen molar-refractivity contribution in [2.24, 2.45) is 15.9 Å². The summed E-state index contributed by atoms with van der Waals surface area (Å²) in [6.45, 7) is 11.5. The third-order valence-electron chi connectivity index (χ3n) is 5.41. The fraction of sp³-hybridized carbons (Fsp3) is 0.333. The van der Waals surface area contributed by atoms with Gasteiger partial charge in [0.15, 0.2) is 0 Å². The van der Waals surface area contributed by atoms with E-state index in [0.29, 0.717) is 35.9 Å². The average molecular weight is 477 g/mol. The number of carbonyl (C=O) groups is 1. The minimum Gasteiger partial charge on any atom is -0.399 e. The molecule has 1 fully saturated rings. The molecule has 0 radical (unpaired) electrons. The Morgan fingerprint density at radius 1 is 1.11 bits per heavy atom. The largest absolute Gasteiger partial charge is 0.399 e. The summed E-state index contributed by atoms with van der Waals surface area (Å²) < 4.78 is 0. The van der Waals surface area contributed by atoms with Gasteiger partial charge in [-0.1, -0.05) is 49.9 Å². The molecule has 0 saturated carbocycles. The molecular formula is C27H36N6O2. The van der Waals surface area contributed by atoms with Gasteiger partial charge in [-0.25, -0.2) is 0 Å². The standard InChI is InChI=1S/C25H30N6O2.C2H6/c1-4-19(17-23(26)27-2)18-30-13-15-31(16-14-30)25(32)21-10-8-20(9-11-21)24(29-33-3)22-7-5-6-12-28-22;1-2/h4-12,17H,1,13-16,18H2,2-3H3,(H2,26,27);1-2H3/b19-17+,29-24?;. The van der Waals surface area contributed by atoms with Crippen LogP contribution in [0.1, 0.15) is 35.5 Å². The molecule has 2 aromatic rings. The van der Waals surface area contributed by atoms with Crippen LogP contribution in [0.25, 0.3) is 0 Å². The highest BCUT2D eigenvalue weighted by molar-refractivity contribution is 6.11. The van der Waals surface area contributed by atoms with Gasteiger partial charge in [0.1, 0.15) is 18.7 Å². The Morgan fingerprint density at radius 2 is 1.77 bits per heavy atom. The number of nitrogens with two attached hydrogens (primary N) is 1. The number of benzene rings is 1. The van der Waals surface area contributed by atoms with Crippen molar-refractivity contribution in [3.8, 4) is 0 Å². The first-order valence-electron chi connectivity index (χ1n) is 11.8. The minimum absolute atomic E-state index is 0.0195. The lowest BCUT2D eigenvalue weighted by molar-refractivity contribution is 0.0648. The number of oxime groups is 1. The molecule has 186 valence electrons. The number of carbonyl (C=O) groups excluding carboxylic acids is 1. The molecule has 0 aliphatic carbocycles. The number of nitrogens with zero attached hydrogens (tertiary/aromatic N) is 5. The van der Waals surface area contributed by atoms with Crippen LogP contribution < -0.4 is 5.73 Å². The highest BCUT2D eigenvalue weighted by Gasteiger charge is 2.22. The lowest BCUT2D eigenvalue weighted by atomic mass is 10.0. The second-order valence-electron chi connectivity index (χ2n) is 7.55. The summed E-state index contributed by atoms with van der Waals surface area (Å²) in [7, 11) is 3.16. The van der Waals surface area contributed by atoms with E-state index in [2.05, 4.69) is 26.6 Å². The number of amides is 1. The fourth-order valence-corrected chi connectivity index (χ4v) is 3.59. The van der Waals surface area contributed by atoms with Crippen LogP contribution in [-0.2, 0) is 4.84 Å². The normalized spacial score (nSPS) is 15.2. The summed E-state index contributed by atoms with van der Waals surface area (Å²) in [5.41, 5.74) is 9.60. The fourth-order valence-electron chi connectivity index (χ4n) is 3.59. The summed E-state index contributed by atoms with van der Waals surface area (Å²) in [5.74, 6) is 0.495. The Morgan fingerprint density at radius 3 is 2.31 bits per heavy atom. The Balaban J connectivity index is 0.00000210. The molecule has 8 heteroatoms. The van der Waals surface area contributed by atoms with E-state index in [1.54, 1.807) is 19.3 Å². The summed E-state index contributed by atoms with van der Waals surface area (Å²) >= 11 is 0. The molecule has 35 heavy (non-hydrogen) atoms. The van der Waals surface area contributed by atoms with Gasteiger partial charge in [0.05, 0.1) is 5.69 Å². The van der Waals surface area contributed by atoms with Gasteiger partial charge in [-0.3, -0.25) is 19.7 Å². The lowest BCUT2D eigenvalue weighted by Crippen LogP contribution is -2.49. The molecule has 0 atom stereocenters. The Kier molecular flexibility index (Phi) is 11.4. The predicted molar refractivity (Wildman–Crippen MR) is 143 cm³/mol. The number of hydrogen-bond donors (Lipinski definition) is 1. The van der Waals surface area contributed by atoms with Gasteiger partial charge >= 0.3 is 0 Å². The van der Waals surface area contributed by atoms with Crippen molar-refractivity contribution < 1.29 is 9.63 Å². The first-order chi connectivity index (χ1) is 17.0. The molecule has 3 rings (SSSR count). The highest BCUT2D eigenvalue weighted by Crippen LogP contribution is 2.14. The SMILES string of the molecule is C=C/C(=C\C(N)=NC)CN1CCN(C(=O)c2ccc(C(=NOC)c3ccccn3)cc2)CC1.CC. The van der Waals surface area contributed by atoms with Crippen LogP contribution in [0.3, 0.4) is 0 Å². The van der Waals surface area contributed by atoms with Gasteiger partial charge in [-0.15, -0.1) is 0 Å². The quantitative estimate of drug-likeness (QED) is 0.273. The third kappa shape index (κ3) is 7.89. The number of hydrogen-bond acceptors (Lipinski definition) is 6. The topological polar surface area (TPSA) is 96.4 Å². The number of amidine groups is 1. The van der Waals surface area contributed by atoms with E-state index >= 15 is 0 Å². The van der Waals surface area contributed by atoms with E-state index in [1.165, 1.54) is 7.11 Å². The van der Waals surface area contributed by atoms with Crippen molar-refractivity contribution in [1.82, 2.24) is 14.8 Å². The maximum atomic E-state index is 13.0. The molecular weight excluding hydrogens is 440 g/mol. The van der Waals surface area contributed by atoms with Crippen molar-refractivity contribution in [1.29, 1.82) is 0 Å². The van der Waals surface area contributed by atoms with E-state index in [1.807, 2.05) is 67.3 Å². The third-order valence-corrected chi connectivity index (χ3v) is 5.41. The number of aromatic nitrogens is 1. The van der Waals surface area contributed by atoms with Gasteiger partial charge in [-0.2, -0.15) is 0 Å². The van der Waals surface area contributed by atoms with Gasteiger partial charge in [0.2, 0.25) is 0 Å². The Hall–Kier alpha value is -3.78. The maximum absolute atomic E-state index is 13.0. The number of pyridine rings is 1. The predicted octanol–water partition coefficient (Wildman–Crippen LogP) is 3.36. The molecule has 8 nitrogen and oxygen atoms in total. The highest BCUT2D eigenvalue weighted by atomic mass is 16.6. The summed E-state index contributed by atoms with van der Waals surface area (Å²) in [6.07, 6.45) is 5.33. The molecule has 2 N–H and O–H groups in total. The van der Waals surface area contributed by atoms with E-state index in [-0.39, 0.29) is 5.91 Å². The molecule has 1 saturated heterocycles. The van der Waals surface area contributed by atoms with Crippen molar-refractivity contribution in [2.75, 3.05) is 46.9 Å². The summed E-state index contributed by atoms with van der Waals surface area (Å²) in [4.78, 5) is 30.5. The zero-order valence-corrected chi connectivity index (χ0v) is 21.1. The molecule has 1 aromatic heterocycles. The second kappa shape index (κ2) is 14.5. The molecule has 1 aromatic carbocycles. The zero-order chi connectivity index (χ0) is 25.6. The summed E-state index contributed by atoms with van der Waals surface area (Å²) in [5, 5.41) is 4.12. The van der Waals surface area contributed by atoms with Crippen molar-refractivity contribution in [2.45, 2.75) is 13.8 Å². The smallest absolute Gasteiger partial charge is 0.253 e. The van der Waals surface area contributed by atoms with Gasteiger partial charge < -0.3 is 15.5 Å². The van der Waals surface area contributed by atoms with Crippen LogP contribution in [-0.4, -0.2) is 79.1 Å². The zero-order valence-electron chi connectivity index (χ0n) is 21.1.